The molecule has 0 atom stereocenters. The third-order valence-corrected chi connectivity index (χ3v) is 3.79. The zero-order valence-electron chi connectivity index (χ0n) is 12.0. The van der Waals surface area contributed by atoms with Gasteiger partial charge in [-0.1, -0.05) is 19.3 Å². The second kappa shape index (κ2) is 8.77. The van der Waals surface area contributed by atoms with Crippen LogP contribution in [0.1, 0.15) is 58.3 Å². The van der Waals surface area contributed by atoms with E-state index in [1.54, 1.807) is 0 Å². The Kier molecular flexibility index (Phi) is 7.30. The molecule has 0 heterocycles. The molecule has 110 valence electrons. The second-order valence-electron chi connectivity index (χ2n) is 5.22. The number of unbranched alkanes of at least 4 members (excludes halogenated alkanes) is 1. The van der Waals surface area contributed by atoms with Crippen LogP contribution < -0.4 is 11.1 Å². The van der Waals surface area contributed by atoms with Gasteiger partial charge in [-0.2, -0.15) is 0 Å². The molecule has 0 aromatic carbocycles. The Morgan fingerprint density at radius 2 is 1.89 bits per heavy atom. The lowest BCUT2D eigenvalue weighted by Crippen LogP contribution is -2.41. The molecule has 0 unspecified atom stereocenters. The summed E-state index contributed by atoms with van der Waals surface area (Å²) in [5.41, 5.74) is 4.98. The van der Waals surface area contributed by atoms with Crippen molar-refractivity contribution in [1.82, 2.24) is 10.2 Å². The lowest BCUT2D eigenvalue weighted by atomic mass is 9.94. The Balaban J connectivity index is 2.23. The number of primary amides is 1. The van der Waals surface area contributed by atoms with Gasteiger partial charge in [0.05, 0.1) is 0 Å². The van der Waals surface area contributed by atoms with Gasteiger partial charge in [0.25, 0.3) is 0 Å². The van der Waals surface area contributed by atoms with Crippen molar-refractivity contribution < 1.29 is 9.59 Å². The molecule has 0 spiro atoms. The summed E-state index contributed by atoms with van der Waals surface area (Å²) in [6.07, 6.45) is 8.30. The Hall–Kier alpha value is -1.26. The molecule has 5 heteroatoms. The van der Waals surface area contributed by atoms with Gasteiger partial charge in [0, 0.05) is 25.6 Å². The van der Waals surface area contributed by atoms with Crippen molar-refractivity contribution in [3.63, 3.8) is 0 Å². The van der Waals surface area contributed by atoms with Crippen LogP contribution >= 0.6 is 0 Å². The highest BCUT2D eigenvalue weighted by atomic mass is 16.2. The molecule has 1 fully saturated rings. The fourth-order valence-electron chi connectivity index (χ4n) is 2.79. The summed E-state index contributed by atoms with van der Waals surface area (Å²) < 4.78 is 0. The minimum Gasteiger partial charge on any atom is -0.352 e. The van der Waals surface area contributed by atoms with Gasteiger partial charge >= 0.3 is 6.03 Å². The zero-order chi connectivity index (χ0) is 14.1. The van der Waals surface area contributed by atoms with Crippen LogP contribution in [0.2, 0.25) is 0 Å². The summed E-state index contributed by atoms with van der Waals surface area (Å²) in [7, 11) is 0. The minimum atomic E-state index is -0.497. The molecule has 1 aliphatic carbocycles. The average molecular weight is 269 g/mol. The Morgan fingerprint density at radius 1 is 1.21 bits per heavy atom. The summed E-state index contributed by atoms with van der Waals surface area (Å²) in [5.74, 6) is 0.258. The standard InChI is InChI=1S/C14H27N3O2/c1-2-17(12-8-4-3-5-9-12)13(18)10-6-7-11-16-14(15)19/h12H,2-11H2,1H3,(H3,15,16,19). The van der Waals surface area contributed by atoms with E-state index in [-0.39, 0.29) is 5.91 Å². The van der Waals surface area contributed by atoms with E-state index in [1.165, 1.54) is 19.3 Å². The molecule has 1 aliphatic rings. The van der Waals surface area contributed by atoms with E-state index >= 15 is 0 Å². The summed E-state index contributed by atoms with van der Waals surface area (Å²) in [4.78, 5) is 24.7. The van der Waals surface area contributed by atoms with Crippen molar-refractivity contribution in [1.29, 1.82) is 0 Å². The molecule has 0 radical (unpaired) electrons. The van der Waals surface area contributed by atoms with E-state index in [0.29, 0.717) is 19.0 Å². The monoisotopic (exact) mass is 269 g/mol. The maximum absolute atomic E-state index is 12.2. The Bertz CT molecular complexity index is 288. The van der Waals surface area contributed by atoms with Crippen LogP contribution in [0.4, 0.5) is 4.79 Å². The third kappa shape index (κ3) is 5.94. The van der Waals surface area contributed by atoms with Crippen LogP contribution in [0, 0.1) is 0 Å². The van der Waals surface area contributed by atoms with Crippen LogP contribution in [-0.2, 0) is 4.79 Å². The van der Waals surface area contributed by atoms with Gasteiger partial charge in [-0.15, -0.1) is 0 Å². The topological polar surface area (TPSA) is 75.4 Å². The number of carbonyl (C=O) groups excluding carboxylic acids is 2. The number of amides is 3. The van der Waals surface area contributed by atoms with Crippen molar-refractivity contribution in [3.8, 4) is 0 Å². The van der Waals surface area contributed by atoms with Crippen molar-refractivity contribution in [2.24, 2.45) is 5.73 Å². The van der Waals surface area contributed by atoms with E-state index < -0.39 is 6.03 Å². The SMILES string of the molecule is CCN(C(=O)CCCCNC(N)=O)C1CCCCC1. The zero-order valence-corrected chi connectivity index (χ0v) is 12.0. The highest BCUT2D eigenvalue weighted by molar-refractivity contribution is 5.76. The number of hydrogen-bond acceptors (Lipinski definition) is 2. The first kappa shape index (κ1) is 15.8. The van der Waals surface area contributed by atoms with E-state index in [0.717, 1.165) is 32.2 Å². The van der Waals surface area contributed by atoms with E-state index in [4.69, 9.17) is 5.73 Å². The normalized spacial score (nSPS) is 16.1. The number of carbonyl (C=O) groups is 2. The Labute approximate surface area is 115 Å². The average Bonchev–Trinajstić information content (AvgIpc) is 2.40. The van der Waals surface area contributed by atoms with E-state index in [9.17, 15) is 9.59 Å². The largest absolute Gasteiger partial charge is 0.352 e. The third-order valence-electron chi connectivity index (χ3n) is 3.79. The maximum atomic E-state index is 12.2. The summed E-state index contributed by atoms with van der Waals surface area (Å²) >= 11 is 0. The highest BCUT2D eigenvalue weighted by Gasteiger charge is 2.23. The van der Waals surface area contributed by atoms with Gasteiger partial charge in [-0.05, 0) is 32.6 Å². The van der Waals surface area contributed by atoms with Crippen molar-refractivity contribution in [3.05, 3.63) is 0 Å². The molecule has 5 nitrogen and oxygen atoms in total. The molecule has 3 amide bonds. The fourth-order valence-corrected chi connectivity index (χ4v) is 2.79. The molecule has 19 heavy (non-hydrogen) atoms. The van der Waals surface area contributed by atoms with Gasteiger partial charge in [0.2, 0.25) is 5.91 Å². The quantitative estimate of drug-likeness (QED) is 0.694. The lowest BCUT2D eigenvalue weighted by Gasteiger charge is -2.33. The lowest BCUT2D eigenvalue weighted by molar-refractivity contribution is -0.134. The molecule has 1 saturated carbocycles. The molecular formula is C14H27N3O2. The number of nitrogens with zero attached hydrogens (tertiary/aromatic N) is 1. The molecule has 1 rings (SSSR count). The van der Waals surface area contributed by atoms with Gasteiger partial charge in [-0.3, -0.25) is 4.79 Å². The van der Waals surface area contributed by atoms with Gasteiger partial charge in [-0.25, -0.2) is 4.79 Å². The molecule has 3 N–H and O–H groups in total. The molecule has 0 aromatic rings. The van der Waals surface area contributed by atoms with Crippen LogP contribution in [0.25, 0.3) is 0 Å². The molecule has 0 saturated heterocycles. The van der Waals surface area contributed by atoms with Crippen molar-refractivity contribution in [2.75, 3.05) is 13.1 Å². The highest BCUT2D eigenvalue weighted by Crippen LogP contribution is 2.23. The molecule has 0 bridgehead atoms. The number of nitrogens with two attached hydrogens (primary N) is 1. The van der Waals surface area contributed by atoms with Crippen LogP contribution in [-0.4, -0.2) is 36.0 Å². The predicted octanol–water partition coefficient (Wildman–Crippen LogP) is 2.01. The Morgan fingerprint density at radius 3 is 2.47 bits per heavy atom. The van der Waals surface area contributed by atoms with Crippen LogP contribution in [0.3, 0.4) is 0 Å². The van der Waals surface area contributed by atoms with Gasteiger partial charge in [0.15, 0.2) is 0 Å². The number of hydrogen-bond donors (Lipinski definition) is 2. The van der Waals surface area contributed by atoms with Crippen molar-refractivity contribution in [2.45, 2.75) is 64.3 Å². The minimum absolute atomic E-state index is 0.258. The summed E-state index contributed by atoms with van der Waals surface area (Å²) in [6, 6.07) is -0.0429. The maximum Gasteiger partial charge on any atom is 0.312 e. The first-order valence-electron chi connectivity index (χ1n) is 7.48. The second-order valence-corrected chi connectivity index (χ2v) is 5.22. The van der Waals surface area contributed by atoms with Crippen molar-refractivity contribution >= 4 is 11.9 Å². The van der Waals surface area contributed by atoms with Crippen LogP contribution in [0.15, 0.2) is 0 Å². The number of nitrogens with one attached hydrogen (secondary N) is 1. The number of urea groups is 1. The molecular weight excluding hydrogens is 242 g/mol. The molecule has 0 aromatic heterocycles. The van der Waals surface area contributed by atoms with Crippen LogP contribution in [0.5, 0.6) is 0 Å². The number of rotatable bonds is 7. The summed E-state index contributed by atoms with van der Waals surface area (Å²) in [5, 5.41) is 2.54. The van der Waals surface area contributed by atoms with E-state index in [2.05, 4.69) is 12.2 Å². The fraction of sp³-hybridized carbons (Fsp3) is 0.857. The first-order chi connectivity index (χ1) is 9.15. The smallest absolute Gasteiger partial charge is 0.312 e. The summed E-state index contributed by atoms with van der Waals surface area (Å²) in [6.45, 7) is 3.42. The van der Waals surface area contributed by atoms with E-state index in [1.807, 2.05) is 4.90 Å². The van der Waals surface area contributed by atoms with Gasteiger partial charge in [0.1, 0.15) is 0 Å². The molecule has 0 aliphatic heterocycles. The van der Waals surface area contributed by atoms with Gasteiger partial charge < -0.3 is 16.0 Å². The predicted molar refractivity (Wildman–Crippen MR) is 75.7 cm³/mol. The first-order valence-corrected chi connectivity index (χ1v) is 7.48.